The van der Waals surface area contributed by atoms with Crippen molar-refractivity contribution in [2.45, 2.75) is 76.5 Å². The summed E-state index contributed by atoms with van der Waals surface area (Å²) in [4.78, 5) is 2.50. The van der Waals surface area contributed by atoms with Crippen LogP contribution in [0.5, 0.6) is 0 Å². The van der Waals surface area contributed by atoms with E-state index in [-0.39, 0.29) is 10.8 Å². The minimum absolute atomic E-state index is 0.0763. The molecule has 1 nitrogen and oxygen atoms in total. The molecule has 1 heteroatoms. The zero-order chi connectivity index (χ0) is 38.0. The molecule has 0 spiro atoms. The van der Waals surface area contributed by atoms with E-state index in [1.807, 2.05) is 0 Å². The first-order chi connectivity index (χ1) is 26.6. The van der Waals surface area contributed by atoms with Crippen LogP contribution in [-0.4, -0.2) is 0 Å². The fraction of sp³-hybridized carbons (Fsp3) is 0.222. The van der Waals surface area contributed by atoms with Crippen LogP contribution in [0.3, 0.4) is 0 Å². The molecule has 9 rings (SSSR count). The van der Waals surface area contributed by atoms with Gasteiger partial charge in [0.25, 0.3) is 0 Å². The maximum atomic E-state index is 2.60. The highest BCUT2D eigenvalue weighted by Gasteiger charge is 2.47. The van der Waals surface area contributed by atoms with Crippen LogP contribution in [0.4, 0.5) is 17.1 Å². The molecular weight excluding hydrogens is 663 g/mol. The summed E-state index contributed by atoms with van der Waals surface area (Å²) in [6.07, 6.45) is 2.37. The maximum absolute atomic E-state index is 2.60. The van der Waals surface area contributed by atoms with Gasteiger partial charge in [0, 0.05) is 16.9 Å². The van der Waals surface area contributed by atoms with Gasteiger partial charge in [-0.25, -0.2) is 0 Å². The molecule has 0 N–H and O–H groups in total. The van der Waals surface area contributed by atoms with Gasteiger partial charge in [0.15, 0.2) is 0 Å². The summed E-state index contributed by atoms with van der Waals surface area (Å²) >= 11 is 0. The van der Waals surface area contributed by atoms with E-state index in [4.69, 9.17) is 0 Å². The molecule has 0 aromatic heterocycles. The molecule has 2 aliphatic rings. The Morgan fingerprint density at radius 2 is 0.891 bits per heavy atom. The highest BCUT2D eigenvalue weighted by molar-refractivity contribution is 5.97. The number of rotatable bonds is 7. The van der Waals surface area contributed by atoms with Gasteiger partial charge in [-0.1, -0.05) is 169 Å². The molecule has 0 unspecified atom stereocenters. The lowest BCUT2D eigenvalue weighted by molar-refractivity contribution is 0.331. The number of benzene rings is 7. The average molecular weight is 714 g/mol. The molecule has 2 aliphatic carbocycles. The van der Waals surface area contributed by atoms with Gasteiger partial charge < -0.3 is 4.90 Å². The molecule has 7 aromatic carbocycles. The van der Waals surface area contributed by atoms with Crippen LogP contribution in [0.15, 0.2) is 170 Å². The molecule has 7 aromatic rings. The SMILES string of the molecule is CC(C)c1cc2c(cc1-c1cc3c(cc1N(c1ccccc1)c1ccccc1)C(c1ccccc1)(c1ccccc1)c1ccccc1-3)C(C)(C)CCC2(C)C. The van der Waals surface area contributed by atoms with Gasteiger partial charge in [-0.3, -0.25) is 0 Å². The Morgan fingerprint density at radius 1 is 0.418 bits per heavy atom. The lowest BCUT2D eigenvalue weighted by Gasteiger charge is -2.43. The lowest BCUT2D eigenvalue weighted by atomic mass is 9.62. The monoisotopic (exact) mass is 713 g/mol. The summed E-state index contributed by atoms with van der Waals surface area (Å²) in [5, 5.41) is 0. The number of para-hydroxylation sites is 2. The largest absolute Gasteiger partial charge is 0.310 e. The van der Waals surface area contributed by atoms with Crippen molar-refractivity contribution in [2.75, 3.05) is 4.90 Å². The van der Waals surface area contributed by atoms with Crippen molar-refractivity contribution in [3.63, 3.8) is 0 Å². The van der Waals surface area contributed by atoms with Crippen LogP contribution in [0.25, 0.3) is 22.3 Å². The topological polar surface area (TPSA) is 3.24 Å². The molecule has 0 fully saturated rings. The van der Waals surface area contributed by atoms with Gasteiger partial charge in [-0.15, -0.1) is 0 Å². The van der Waals surface area contributed by atoms with Crippen LogP contribution >= 0.6 is 0 Å². The van der Waals surface area contributed by atoms with Crippen LogP contribution < -0.4 is 4.90 Å². The van der Waals surface area contributed by atoms with Crippen molar-refractivity contribution < 1.29 is 0 Å². The zero-order valence-electron chi connectivity index (χ0n) is 33.1. The second kappa shape index (κ2) is 13.3. The summed E-state index contributed by atoms with van der Waals surface area (Å²) < 4.78 is 0. The molecule has 0 radical (unpaired) electrons. The summed E-state index contributed by atoms with van der Waals surface area (Å²) in [5.41, 5.74) is 18.0. The van der Waals surface area contributed by atoms with E-state index in [0.717, 1.165) is 11.4 Å². The number of anilines is 3. The highest BCUT2D eigenvalue weighted by Crippen LogP contribution is 2.59. The van der Waals surface area contributed by atoms with Gasteiger partial charge in [0.1, 0.15) is 0 Å². The highest BCUT2D eigenvalue weighted by atomic mass is 15.1. The summed E-state index contributed by atoms with van der Waals surface area (Å²) in [6.45, 7) is 14.5. The summed E-state index contributed by atoms with van der Waals surface area (Å²) in [7, 11) is 0. The van der Waals surface area contributed by atoms with Crippen LogP contribution in [-0.2, 0) is 16.2 Å². The Hall–Kier alpha value is -5.66. The third-order valence-corrected chi connectivity index (χ3v) is 12.8. The fourth-order valence-corrected chi connectivity index (χ4v) is 9.80. The Kier molecular flexibility index (Phi) is 8.46. The average Bonchev–Trinajstić information content (AvgIpc) is 3.50. The van der Waals surface area contributed by atoms with Crippen molar-refractivity contribution in [3.8, 4) is 22.3 Å². The molecule has 0 bridgehead atoms. The van der Waals surface area contributed by atoms with Crippen LogP contribution in [0, 0.1) is 0 Å². The van der Waals surface area contributed by atoms with E-state index in [0.29, 0.717) is 5.92 Å². The molecule has 0 heterocycles. The van der Waals surface area contributed by atoms with Gasteiger partial charge in [-0.05, 0) is 128 Å². The Balaban J connectivity index is 1.46. The van der Waals surface area contributed by atoms with E-state index in [2.05, 4.69) is 216 Å². The van der Waals surface area contributed by atoms with Gasteiger partial charge in [0.2, 0.25) is 0 Å². The predicted octanol–water partition coefficient (Wildman–Crippen LogP) is 14.7. The minimum atomic E-state index is -0.510. The standard InChI is InChI=1S/C54H51N/c1-37(2)43-34-49-50(53(5,6)32-31-52(49,3)4)35-44(43)46-33-45-42-29-19-20-30-47(42)54(38-21-11-7-12-22-38,39-23-13-8-14-24-39)48(45)36-51(46)55(40-25-15-9-16-26-40)41-27-17-10-18-28-41/h7-30,33-37H,31-32H2,1-6H3. The van der Waals surface area contributed by atoms with E-state index >= 15 is 0 Å². The van der Waals surface area contributed by atoms with Crippen LogP contribution in [0.1, 0.15) is 99.2 Å². The first-order valence-electron chi connectivity index (χ1n) is 20.1. The quantitative estimate of drug-likeness (QED) is 0.159. The fourth-order valence-electron chi connectivity index (χ4n) is 9.80. The second-order valence-corrected chi connectivity index (χ2v) is 17.4. The second-order valence-electron chi connectivity index (χ2n) is 17.4. The molecule has 0 aliphatic heterocycles. The first-order valence-corrected chi connectivity index (χ1v) is 20.1. The Bertz CT molecular complexity index is 2410. The summed E-state index contributed by atoms with van der Waals surface area (Å²) in [5.74, 6) is 0.337. The van der Waals surface area contributed by atoms with E-state index in [9.17, 15) is 0 Å². The van der Waals surface area contributed by atoms with Crippen molar-refractivity contribution in [2.24, 2.45) is 0 Å². The lowest BCUT2D eigenvalue weighted by Crippen LogP contribution is -2.34. The molecule has 0 amide bonds. The molecule has 0 saturated heterocycles. The minimum Gasteiger partial charge on any atom is -0.310 e. The van der Waals surface area contributed by atoms with Gasteiger partial charge >= 0.3 is 0 Å². The number of hydrogen-bond donors (Lipinski definition) is 0. The smallest absolute Gasteiger partial charge is 0.0714 e. The van der Waals surface area contributed by atoms with Crippen LogP contribution in [0.2, 0.25) is 0 Å². The Labute approximate surface area is 328 Å². The van der Waals surface area contributed by atoms with Crippen molar-refractivity contribution in [3.05, 3.63) is 209 Å². The number of nitrogens with zero attached hydrogens (tertiary/aromatic N) is 1. The third kappa shape index (κ3) is 5.58. The number of hydrogen-bond acceptors (Lipinski definition) is 1. The Morgan fingerprint density at radius 3 is 1.42 bits per heavy atom. The van der Waals surface area contributed by atoms with Crippen molar-refractivity contribution in [1.82, 2.24) is 0 Å². The van der Waals surface area contributed by atoms with E-state index in [1.54, 1.807) is 0 Å². The molecule has 272 valence electrons. The maximum Gasteiger partial charge on any atom is 0.0714 e. The van der Waals surface area contributed by atoms with Gasteiger partial charge in [-0.2, -0.15) is 0 Å². The third-order valence-electron chi connectivity index (χ3n) is 12.8. The first kappa shape index (κ1) is 35.1. The van der Waals surface area contributed by atoms with Crippen molar-refractivity contribution in [1.29, 1.82) is 0 Å². The molecule has 0 saturated carbocycles. The summed E-state index contributed by atoms with van der Waals surface area (Å²) in [6, 6.07) is 63.7. The van der Waals surface area contributed by atoms with Gasteiger partial charge in [0.05, 0.1) is 11.1 Å². The molecule has 55 heavy (non-hydrogen) atoms. The predicted molar refractivity (Wildman–Crippen MR) is 233 cm³/mol. The normalized spacial score (nSPS) is 15.9. The zero-order valence-corrected chi connectivity index (χ0v) is 33.1. The molecule has 0 atom stereocenters. The molecular formula is C54H51N. The van der Waals surface area contributed by atoms with Crippen molar-refractivity contribution >= 4 is 17.1 Å². The van der Waals surface area contributed by atoms with E-state index < -0.39 is 5.41 Å². The van der Waals surface area contributed by atoms with E-state index in [1.165, 1.54) is 79.7 Å². The number of fused-ring (bicyclic) bond motifs is 4.